The molecule has 1 fully saturated rings. The number of carbonyl (C=O) groups excluding carboxylic acids is 1. The molecule has 1 aromatic rings. The number of primary amides is 1. The highest BCUT2D eigenvalue weighted by Crippen LogP contribution is 2.22. The summed E-state index contributed by atoms with van der Waals surface area (Å²) in [5, 5.41) is 0. The Kier molecular flexibility index (Phi) is 2.51. The van der Waals surface area contributed by atoms with Crippen LogP contribution in [0.25, 0.3) is 0 Å². The van der Waals surface area contributed by atoms with Gasteiger partial charge in [-0.05, 0) is 18.2 Å². The Hall–Kier alpha value is -2.30. The van der Waals surface area contributed by atoms with E-state index in [4.69, 9.17) is 5.73 Å². The lowest BCUT2D eigenvalue weighted by Crippen LogP contribution is -2.37. The van der Waals surface area contributed by atoms with Crippen molar-refractivity contribution in [3.05, 3.63) is 42.1 Å². The summed E-state index contributed by atoms with van der Waals surface area (Å²) < 4.78 is 0. The van der Waals surface area contributed by atoms with E-state index in [0.717, 1.165) is 24.7 Å². The molecular formula is C13H14N4O. The summed E-state index contributed by atoms with van der Waals surface area (Å²) in [5.74, 6) is 0.347. The monoisotopic (exact) mass is 242 g/mol. The zero-order valence-corrected chi connectivity index (χ0v) is 9.91. The highest BCUT2D eigenvalue weighted by atomic mass is 16.1. The first kappa shape index (κ1) is 10.8. The van der Waals surface area contributed by atoms with Crippen LogP contribution >= 0.6 is 0 Å². The summed E-state index contributed by atoms with van der Waals surface area (Å²) in [6.45, 7) is 2.49. The number of hydrogen-bond donors (Lipinski definition) is 1. The Morgan fingerprint density at radius 3 is 2.72 bits per heavy atom. The average molecular weight is 242 g/mol. The topological polar surface area (TPSA) is 61.9 Å². The van der Waals surface area contributed by atoms with Gasteiger partial charge in [0.15, 0.2) is 0 Å². The molecule has 0 saturated carbocycles. The molecule has 0 aliphatic carbocycles. The largest absolute Gasteiger partial charge is 0.364 e. The second kappa shape index (κ2) is 4.18. The molecule has 0 unspecified atom stereocenters. The number of nitrogens with zero attached hydrogens (tertiary/aromatic N) is 3. The molecule has 0 bridgehead atoms. The molecule has 92 valence electrons. The molecule has 2 heterocycles. The predicted octanol–water partition coefficient (Wildman–Crippen LogP) is 0.547. The number of carbonyl (C=O) groups is 1. The summed E-state index contributed by atoms with van der Waals surface area (Å²) in [5.41, 5.74) is 6.72. The highest BCUT2D eigenvalue weighted by Gasteiger charge is 2.30. The maximum Gasteiger partial charge on any atom is 0.267 e. The Morgan fingerprint density at radius 2 is 2.00 bits per heavy atom. The van der Waals surface area contributed by atoms with E-state index in [-0.39, 0.29) is 0 Å². The average Bonchev–Trinajstić information content (AvgIpc) is 2.82. The number of nitrogens with two attached hydrogens (primary N) is 1. The van der Waals surface area contributed by atoms with E-state index in [1.165, 1.54) is 0 Å². The molecule has 2 N–H and O–H groups in total. The maximum atomic E-state index is 11.2. The van der Waals surface area contributed by atoms with Gasteiger partial charge in [0.2, 0.25) is 5.96 Å². The van der Waals surface area contributed by atoms with Crippen LogP contribution in [0.2, 0.25) is 0 Å². The smallest absolute Gasteiger partial charge is 0.267 e. The van der Waals surface area contributed by atoms with Crippen LogP contribution in [0, 0.1) is 0 Å². The van der Waals surface area contributed by atoms with Crippen LogP contribution in [0.5, 0.6) is 0 Å². The SMILES string of the molecule is NC(=O)C1=CCN2CCN(c3ccccc3)C2=N1. The molecule has 1 aromatic carbocycles. The second-order valence-electron chi connectivity index (χ2n) is 4.30. The minimum atomic E-state index is -0.470. The molecule has 1 amide bonds. The third-order valence-corrected chi connectivity index (χ3v) is 3.16. The van der Waals surface area contributed by atoms with Gasteiger partial charge in [0, 0.05) is 25.3 Å². The zero-order chi connectivity index (χ0) is 12.5. The molecule has 3 rings (SSSR count). The van der Waals surface area contributed by atoms with Crippen LogP contribution in [0.4, 0.5) is 5.69 Å². The van der Waals surface area contributed by atoms with Gasteiger partial charge in [-0.1, -0.05) is 18.2 Å². The van der Waals surface area contributed by atoms with Crippen molar-refractivity contribution in [1.82, 2.24) is 4.90 Å². The lowest BCUT2D eigenvalue weighted by Gasteiger charge is -2.25. The first-order valence-corrected chi connectivity index (χ1v) is 5.92. The lowest BCUT2D eigenvalue weighted by molar-refractivity contribution is -0.114. The summed E-state index contributed by atoms with van der Waals surface area (Å²) in [7, 11) is 0. The predicted molar refractivity (Wildman–Crippen MR) is 70.1 cm³/mol. The van der Waals surface area contributed by atoms with Crippen LogP contribution in [0.15, 0.2) is 47.1 Å². The van der Waals surface area contributed by atoms with Crippen LogP contribution in [0.3, 0.4) is 0 Å². The molecule has 0 atom stereocenters. The molecule has 0 spiro atoms. The van der Waals surface area contributed by atoms with Gasteiger partial charge in [0.05, 0.1) is 0 Å². The van der Waals surface area contributed by atoms with E-state index in [2.05, 4.69) is 14.8 Å². The van der Waals surface area contributed by atoms with Gasteiger partial charge in [-0.2, -0.15) is 0 Å². The molecule has 18 heavy (non-hydrogen) atoms. The summed E-state index contributed by atoms with van der Waals surface area (Å²) >= 11 is 0. The van der Waals surface area contributed by atoms with Crippen molar-refractivity contribution in [2.24, 2.45) is 10.7 Å². The fraction of sp³-hybridized carbons (Fsp3) is 0.231. The molecule has 0 aromatic heterocycles. The number of anilines is 1. The molecule has 2 aliphatic heterocycles. The Labute approximate surface area is 105 Å². The number of benzene rings is 1. The Morgan fingerprint density at radius 1 is 1.22 bits per heavy atom. The van der Waals surface area contributed by atoms with Gasteiger partial charge >= 0.3 is 0 Å². The summed E-state index contributed by atoms with van der Waals surface area (Å²) in [6.07, 6.45) is 1.78. The van der Waals surface area contributed by atoms with Gasteiger partial charge in [-0.3, -0.25) is 4.79 Å². The summed E-state index contributed by atoms with van der Waals surface area (Å²) in [6, 6.07) is 10.0. The molecule has 0 radical (unpaired) electrons. The molecule has 1 saturated heterocycles. The van der Waals surface area contributed by atoms with Crippen LogP contribution in [-0.2, 0) is 4.79 Å². The molecule has 5 nitrogen and oxygen atoms in total. The minimum absolute atomic E-state index is 0.351. The van der Waals surface area contributed by atoms with Gasteiger partial charge in [-0.25, -0.2) is 4.99 Å². The lowest BCUT2D eigenvalue weighted by atomic mass is 10.3. The summed E-state index contributed by atoms with van der Waals surface area (Å²) in [4.78, 5) is 19.8. The maximum absolute atomic E-state index is 11.2. The number of amides is 1. The van der Waals surface area contributed by atoms with Crippen molar-refractivity contribution in [2.75, 3.05) is 24.5 Å². The first-order chi connectivity index (χ1) is 8.75. The fourth-order valence-electron chi connectivity index (χ4n) is 2.25. The first-order valence-electron chi connectivity index (χ1n) is 5.92. The number of fused-ring (bicyclic) bond motifs is 1. The fourth-order valence-corrected chi connectivity index (χ4v) is 2.25. The standard InChI is InChI=1S/C13H14N4O/c14-12(18)11-6-7-16-8-9-17(13(16)15-11)10-4-2-1-3-5-10/h1-6H,7-9H2,(H2,14,18). The molecule has 5 heteroatoms. The van der Waals surface area contributed by atoms with Crippen molar-refractivity contribution in [1.29, 1.82) is 0 Å². The van der Waals surface area contributed by atoms with E-state index >= 15 is 0 Å². The third kappa shape index (κ3) is 1.73. The van der Waals surface area contributed by atoms with Crippen molar-refractivity contribution >= 4 is 17.6 Å². The van der Waals surface area contributed by atoms with E-state index < -0.39 is 5.91 Å². The number of aliphatic imine (C=N–C) groups is 1. The van der Waals surface area contributed by atoms with Crippen molar-refractivity contribution in [2.45, 2.75) is 0 Å². The van der Waals surface area contributed by atoms with Crippen molar-refractivity contribution < 1.29 is 4.79 Å². The third-order valence-electron chi connectivity index (χ3n) is 3.16. The van der Waals surface area contributed by atoms with E-state index in [9.17, 15) is 4.79 Å². The number of rotatable bonds is 2. The molecular weight excluding hydrogens is 228 g/mol. The number of hydrogen-bond acceptors (Lipinski definition) is 4. The van der Waals surface area contributed by atoms with Crippen LogP contribution in [0.1, 0.15) is 0 Å². The van der Waals surface area contributed by atoms with Gasteiger partial charge in [0.25, 0.3) is 5.91 Å². The number of guanidine groups is 1. The van der Waals surface area contributed by atoms with Crippen LogP contribution < -0.4 is 10.6 Å². The Balaban J connectivity index is 1.95. The van der Waals surface area contributed by atoms with Gasteiger partial charge < -0.3 is 15.5 Å². The minimum Gasteiger partial charge on any atom is -0.364 e. The normalized spacial score (nSPS) is 18.2. The molecule has 2 aliphatic rings. The highest BCUT2D eigenvalue weighted by molar-refractivity contribution is 6.03. The number of para-hydroxylation sites is 1. The van der Waals surface area contributed by atoms with E-state index in [1.807, 2.05) is 30.3 Å². The van der Waals surface area contributed by atoms with Gasteiger partial charge in [0.1, 0.15) is 5.70 Å². The van der Waals surface area contributed by atoms with Crippen molar-refractivity contribution in [3.63, 3.8) is 0 Å². The van der Waals surface area contributed by atoms with E-state index in [0.29, 0.717) is 12.2 Å². The quantitative estimate of drug-likeness (QED) is 0.823. The van der Waals surface area contributed by atoms with Crippen LogP contribution in [-0.4, -0.2) is 36.4 Å². The van der Waals surface area contributed by atoms with E-state index in [1.54, 1.807) is 6.08 Å². The van der Waals surface area contributed by atoms with Crippen molar-refractivity contribution in [3.8, 4) is 0 Å². The zero-order valence-electron chi connectivity index (χ0n) is 9.91. The second-order valence-corrected chi connectivity index (χ2v) is 4.30. The Bertz CT molecular complexity index is 535. The van der Waals surface area contributed by atoms with Gasteiger partial charge in [-0.15, -0.1) is 0 Å².